The molecule has 0 aliphatic carbocycles. The highest BCUT2D eigenvalue weighted by atomic mass is 32.2. The van der Waals surface area contributed by atoms with Crippen LogP contribution in [0.1, 0.15) is 18.3 Å². The number of nitrogens with one attached hydrogen (secondary N) is 1. The maximum atomic E-state index is 13.2. The molecule has 3 aromatic rings. The fourth-order valence-electron chi connectivity index (χ4n) is 2.64. The zero-order chi connectivity index (χ0) is 16.4. The Kier molecular flexibility index (Phi) is 4.52. The highest BCUT2D eigenvalue weighted by molar-refractivity contribution is 7.98. The summed E-state index contributed by atoms with van der Waals surface area (Å²) in [5.41, 5.74) is 3.93. The number of rotatable bonds is 5. The van der Waals surface area contributed by atoms with Crippen molar-refractivity contribution in [2.75, 3.05) is 12.0 Å². The van der Waals surface area contributed by atoms with Crippen molar-refractivity contribution in [3.63, 3.8) is 0 Å². The lowest BCUT2D eigenvalue weighted by Gasteiger charge is -2.03. The van der Waals surface area contributed by atoms with Crippen molar-refractivity contribution in [1.29, 1.82) is 0 Å². The van der Waals surface area contributed by atoms with Crippen LogP contribution in [0.2, 0.25) is 0 Å². The van der Waals surface area contributed by atoms with Gasteiger partial charge in [0, 0.05) is 23.0 Å². The average Bonchev–Trinajstić information content (AvgIpc) is 2.93. The Morgan fingerprint density at radius 1 is 1.30 bits per heavy atom. The number of H-pyrrole nitrogens is 1. The Labute approximate surface area is 137 Å². The SMILES string of the molecule is CCc1[nH]n2c(=O)cc(CCSC)nc2c1-c1ccc(F)cc1. The fourth-order valence-corrected chi connectivity index (χ4v) is 3.06. The summed E-state index contributed by atoms with van der Waals surface area (Å²) in [7, 11) is 0. The van der Waals surface area contributed by atoms with E-state index in [0.717, 1.165) is 41.1 Å². The van der Waals surface area contributed by atoms with Crippen LogP contribution in [0.5, 0.6) is 0 Å². The quantitative estimate of drug-likeness (QED) is 0.780. The normalized spacial score (nSPS) is 11.3. The first-order valence-corrected chi connectivity index (χ1v) is 8.91. The van der Waals surface area contributed by atoms with Crippen LogP contribution in [0.4, 0.5) is 4.39 Å². The number of benzene rings is 1. The van der Waals surface area contributed by atoms with Crippen LogP contribution in [0, 0.1) is 5.82 Å². The minimum Gasteiger partial charge on any atom is -0.293 e. The molecule has 2 aromatic heterocycles. The summed E-state index contributed by atoms with van der Waals surface area (Å²) in [6, 6.07) is 7.87. The summed E-state index contributed by atoms with van der Waals surface area (Å²) in [6.45, 7) is 2.01. The zero-order valence-electron chi connectivity index (χ0n) is 13.1. The molecule has 0 atom stereocenters. The molecule has 0 unspecified atom stereocenters. The van der Waals surface area contributed by atoms with Gasteiger partial charge >= 0.3 is 0 Å². The summed E-state index contributed by atoms with van der Waals surface area (Å²) in [5.74, 6) is 0.636. The average molecular weight is 331 g/mol. The molecule has 6 heteroatoms. The standard InChI is InChI=1S/C17H18FN3OS/c1-3-14-16(11-4-6-12(18)7-5-11)17-19-13(8-9-23-2)10-15(22)21(17)20-14/h4-7,10,20H,3,8-9H2,1-2H3. The monoisotopic (exact) mass is 331 g/mol. The zero-order valence-corrected chi connectivity index (χ0v) is 13.9. The van der Waals surface area contributed by atoms with Crippen molar-refractivity contribution in [2.45, 2.75) is 19.8 Å². The second kappa shape index (κ2) is 6.58. The number of aryl methyl sites for hydroxylation is 2. The molecule has 0 saturated carbocycles. The molecule has 23 heavy (non-hydrogen) atoms. The Bertz CT molecular complexity index is 883. The molecule has 0 saturated heterocycles. The molecule has 0 radical (unpaired) electrons. The maximum absolute atomic E-state index is 13.2. The second-order valence-corrected chi connectivity index (χ2v) is 6.30. The molecule has 0 aliphatic rings. The summed E-state index contributed by atoms with van der Waals surface area (Å²) in [4.78, 5) is 17.0. The molecule has 0 amide bonds. The molecule has 3 rings (SSSR count). The Hall–Kier alpha value is -2.08. The lowest BCUT2D eigenvalue weighted by molar-refractivity contribution is 0.628. The van der Waals surface area contributed by atoms with E-state index in [2.05, 4.69) is 10.1 Å². The van der Waals surface area contributed by atoms with Gasteiger partial charge in [-0.15, -0.1) is 0 Å². The van der Waals surface area contributed by atoms with Gasteiger partial charge in [-0.25, -0.2) is 13.9 Å². The molecule has 0 fully saturated rings. The molecule has 0 bridgehead atoms. The second-order valence-electron chi connectivity index (χ2n) is 5.31. The first-order chi connectivity index (χ1) is 11.1. The minimum absolute atomic E-state index is 0.117. The van der Waals surface area contributed by atoms with Crippen LogP contribution in [0.3, 0.4) is 0 Å². The molecule has 0 spiro atoms. The van der Waals surface area contributed by atoms with Crippen LogP contribution < -0.4 is 5.56 Å². The number of nitrogens with zero attached hydrogens (tertiary/aromatic N) is 2. The lowest BCUT2D eigenvalue weighted by atomic mass is 10.0. The number of halogens is 1. The Balaban J connectivity index is 2.23. The third-order valence-electron chi connectivity index (χ3n) is 3.79. The Morgan fingerprint density at radius 3 is 2.70 bits per heavy atom. The van der Waals surface area contributed by atoms with Gasteiger partial charge in [-0.05, 0) is 42.5 Å². The largest absolute Gasteiger partial charge is 0.293 e. The van der Waals surface area contributed by atoms with Gasteiger partial charge in [0.2, 0.25) is 0 Å². The number of fused-ring (bicyclic) bond motifs is 1. The molecular weight excluding hydrogens is 313 g/mol. The Morgan fingerprint density at radius 2 is 2.04 bits per heavy atom. The van der Waals surface area contributed by atoms with Crippen LogP contribution in [0.15, 0.2) is 35.1 Å². The van der Waals surface area contributed by atoms with Gasteiger partial charge in [0.05, 0.1) is 0 Å². The van der Waals surface area contributed by atoms with Crippen molar-refractivity contribution in [2.24, 2.45) is 0 Å². The fraction of sp³-hybridized carbons (Fsp3) is 0.294. The molecule has 1 aromatic carbocycles. The van der Waals surface area contributed by atoms with E-state index >= 15 is 0 Å². The number of thioether (sulfide) groups is 1. The van der Waals surface area contributed by atoms with Gasteiger partial charge in [0.15, 0.2) is 5.65 Å². The minimum atomic E-state index is -0.280. The predicted octanol–water partition coefficient (Wildman–Crippen LogP) is 3.30. The van der Waals surface area contributed by atoms with Gasteiger partial charge < -0.3 is 0 Å². The molecule has 4 nitrogen and oxygen atoms in total. The van der Waals surface area contributed by atoms with Crippen LogP contribution in [-0.4, -0.2) is 26.6 Å². The molecule has 0 aliphatic heterocycles. The van der Waals surface area contributed by atoms with Crippen LogP contribution in [-0.2, 0) is 12.8 Å². The summed E-state index contributed by atoms with van der Waals surface area (Å²) in [6.07, 6.45) is 3.51. The number of aromatic amines is 1. The highest BCUT2D eigenvalue weighted by Gasteiger charge is 2.16. The van der Waals surface area contributed by atoms with E-state index in [9.17, 15) is 9.18 Å². The first kappa shape index (κ1) is 15.8. The van der Waals surface area contributed by atoms with E-state index in [4.69, 9.17) is 0 Å². The lowest BCUT2D eigenvalue weighted by Crippen LogP contribution is -2.16. The van der Waals surface area contributed by atoms with Crippen molar-refractivity contribution in [1.82, 2.24) is 14.6 Å². The molecule has 2 heterocycles. The van der Waals surface area contributed by atoms with E-state index in [1.807, 2.05) is 13.2 Å². The number of hydrogen-bond acceptors (Lipinski definition) is 3. The van der Waals surface area contributed by atoms with E-state index in [-0.39, 0.29) is 11.4 Å². The van der Waals surface area contributed by atoms with Crippen LogP contribution >= 0.6 is 11.8 Å². The van der Waals surface area contributed by atoms with Crippen molar-refractivity contribution < 1.29 is 4.39 Å². The smallest absolute Gasteiger partial charge is 0.272 e. The third kappa shape index (κ3) is 3.03. The molecular formula is C17H18FN3OS. The predicted molar refractivity (Wildman–Crippen MR) is 92.7 cm³/mol. The van der Waals surface area contributed by atoms with Gasteiger partial charge in [-0.1, -0.05) is 19.1 Å². The maximum Gasteiger partial charge on any atom is 0.272 e. The van der Waals surface area contributed by atoms with Crippen molar-refractivity contribution >= 4 is 17.4 Å². The third-order valence-corrected chi connectivity index (χ3v) is 4.41. The first-order valence-electron chi connectivity index (χ1n) is 7.52. The van der Waals surface area contributed by atoms with Gasteiger partial charge in [-0.2, -0.15) is 11.8 Å². The summed E-state index contributed by atoms with van der Waals surface area (Å²) < 4.78 is 14.7. The van der Waals surface area contributed by atoms with E-state index in [1.165, 1.54) is 16.6 Å². The van der Waals surface area contributed by atoms with E-state index < -0.39 is 0 Å². The van der Waals surface area contributed by atoms with Crippen LogP contribution in [0.25, 0.3) is 16.8 Å². The summed E-state index contributed by atoms with van der Waals surface area (Å²) >= 11 is 1.72. The molecule has 1 N–H and O–H groups in total. The van der Waals surface area contributed by atoms with E-state index in [0.29, 0.717) is 5.65 Å². The van der Waals surface area contributed by atoms with E-state index in [1.54, 1.807) is 30.0 Å². The highest BCUT2D eigenvalue weighted by Crippen LogP contribution is 2.27. The van der Waals surface area contributed by atoms with Gasteiger partial charge in [-0.3, -0.25) is 9.89 Å². The number of aromatic nitrogens is 3. The number of hydrogen-bond donors (Lipinski definition) is 1. The van der Waals surface area contributed by atoms with Crippen molar-refractivity contribution in [3.8, 4) is 11.1 Å². The van der Waals surface area contributed by atoms with Gasteiger partial charge in [0.1, 0.15) is 5.82 Å². The molecule has 120 valence electrons. The van der Waals surface area contributed by atoms with Gasteiger partial charge in [0.25, 0.3) is 5.56 Å². The summed E-state index contributed by atoms with van der Waals surface area (Å²) in [5, 5.41) is 3.12. The topological polar surface area (TPSA) is 50.2 Å². The van der Waals surface area contributed by atoms with Crippen molar-refractivity contribution in [3.05, 3.63) is 57.9 Å².